The fourth-order valence-corrected chi connectivity index (χ4v) is 8.79. The van der Waals surface area contributed by atoms with E-state index in [2.05, 4.69) is 147 Å². The van der Waals surface area contributed by atoms with Gasteiger partial charge in [-0.15, -0.1) is 118 Å². The standard InChI is InChI=1S/C16H12N3.2C14H10N3.C13H14N3.4C5H12O2.4Ir/c1-12-17-11-18-16(19-12)15-9-7-14(8-10-15)13-5-3-2-4-6-13;1-10-15-9-16-14(17-10)13-8-4-6-11-5-2-3-7-12(11)13;1-10-15-9-16-14(17-10)13-7-6-11-4-2-3-5-12(11)8-13;1-13(2,3)12-15-9-14-11(16-12)10-7-5-4-6-8-10;4*1-4(6)3-5(2)7;;;;/h2-9,11H,1H3;2-7,9H,1H3;2-6,8-9H,1H3;4-7,9H,1-3H3;4*4-7H,3H2,1-2H3;;;;/q4*-1;;;;;;;;. The number of benzene rings is 7. The van der Waals surface area contributed by atoms with E-state index in [1.807, 2.05) is 124 Å². The molecule has 8 atom stereocenters. The second-order valence-corrected chi connectivity index (χ2v) is 24.2. The number of nitrogens with zero attached hydrogens (tertiary/aromatic N) is 12. The van der Waals surface area contributed by atoms with Crippen molar-refractivity contribution in [2.75, 3.05) is 0 Å². The molecule has 4 radical (unpaired) electrons. The van der Waals surface area contributed by atoms with Crippen LogP contribution in [-0.4, -0.2) is 149 Å². The number of aliphatic hydroxyl groups is 8. The Hall–Kier alpha value is -6.62. The summed E-state index contributed by atoms with van der Waals surface area (Å²) in [6.45, 7) is 25.1. The molecule has 0 aliphatic rings. The smallest absolute Gasteiger partial charge is 0.127 e. The molecule has 0 aliphatic heterocycles. The van der Waals surface area contributed by atoms with Crippen molar-refractivity contribution in [1.29, 1.82) is 0 Å². The van der Waals surface area contributed by atoms with Crippen molar-refractivity contribution in [1.82, 2.24) is 59.8 Å². The first-order valence-electron chi connectivity index (χ1n) is 32.0. The molecule has 7 aromatic carbocycles. The van der Waals surface area contributed by atoms with Gasteiger partial charge >= 0.3 is 0 Å². The van der Waals surface area contributed by atoms with Crippen molar-refractivity contribution in [3.05, 3.63) is 218 Å². The minimum atomic E-state index is -0.375. The van der Waals surface area contributed by atoms with Crippen LogP contribution in [0.15, 0.2) is 171 Å². The summed E-state index contributed by atoms with van der Waals surface area (Å²) in [6, 6.07) is 60.9. The molecule has 0 bridgehead atoms. The molecule has 0 saturated heterocycles. The summed E-state index contributed by atoms with van der Waals surface area (Å²) in [7, 11) is 0. The van der Waals surface area contributed by atoms with Crippen LogP contribution in [0.3, 0.4) is 0 Å². The van der Waals surface area contributed by atoms with Crippen LogP contribution < -0.4 is 0 Å². The van der Waals surface area contributed by atoms with Gasteiger partial charge in [-0.25, -0.2) is 19.9 Å². The van der Waals surface area contributed by atoms with E-state index in [4.69, 9.17) is 40.9 Å². The van der Waals surface area contributed by atoms with Crippen LogP contribution in [0.2, 0.25) is 0 Å². The molecule has 11 aromatic rings. The summed E-state index contributed by atoms with van der Waals surface area (Å²) in [5.41, 5.74) is 5.85. The van der Waals surface area contributed by atoms with E-state index < -0.39 is 0 Å². The first-order chi connectivity index (χ1) is 46.1. The molecule has 8 N–H and O–H groups in total. The van der Waals surface area contributed by atoms with Gasteiger partial charge in [0, 0.05) is 85.8 Å². The van der Waals surface area contributed by atoms with Gasteiger partial charge in [0.1, 0.15) is 48.6 Å². The topological polar surface area (TPSA) is 317 Å². The number of aryl methyl sites for hydroxylation is 3. The molecule has 4 heterocycles. The van der Waals surface area contributed by atoms with E-state index in [-0.39, 0.29) is 135 Å². The van der Waals surface area contributed by atoms with Crippen molar-refractivity contribution in [2.24, 2.45) is 0 Å². The zero-order chi connectivity index (χ0) is 71.5. The SMILES string of the molecule is CC(C)(C)c1ncnc(-c2[c-]cccc2)n1.CC(O)CC(C)O.CC(O)CC(C)O.CC(O)CC(C)O.CC(O)CC(C)O.Cc1ncnc(-c2[c-]cc(-c3ccccc3)cc2)n1.Cc1ncnc(-c2[c-]cc3ccccc3c2)n1.Cc1ncnc(-c2[c-]ccc3ccccc23)n1.[Ir].[Ir].[Ir].[Ir]. The quantitative estimate of drug-likeness (QED) is 0.0497. The van der Waals surface area contributed by atoms with Gasteiger partial charge in [0.15, 0.2) is 0 Å². The van der Waals surface area contributed by atoms with Crippen LogP contribution in [0.5, 0.6) is 0 Å². The Balaban J connectivity index is 0.00000116. The number of rotatable bonds is 13. The van der Waals surface area contributed by atoms with Crippen LogP contribution in [0.4, 0.5) is 0 Å². The monoisotopic (exact) mass is 2090 g/mol. The van der Waals surface area contributed by atoms with Gasteiger partial charge in [-0.3, -0.25) is 39.9 Å². The van der Waals surface area contributed by atoms with Crippen LogP contribution in [0, 0.1) is 45.0 Å². The van der Waals surface area contributed by atoms with Gasteiger partial charge < -0.3 is 40.9 Å². The average Bonchev–Trinajstić information content (AvgIpc) is 0.827. The second kappa shape index (κ2) is 50.7. The van der Waals surface area contributed by atoms with Gasteiger partial charge in [-0.05, 0) is 102 Å². The number of hydrogen-bond acceptors (Lipinski definition) is 20. The Morgan fingerprint density at radius 3 is 1.17 bits per heavy atom. The van der Waals surface area contributed by atoms with Crippen molar-refractivity contribution in [3.8, 4) is 56.7 Å². The molecule has 8 unspecified atom stereocenters. The summed E-state index contributed by atoms with van der Waals surface area (Å²) in [4.78, 5) is 50.3. The molecule has 550 valence electrons. The predicted molar refractivity (Wildman–Crippen MR) is 382 cm³/mol. The van der Waals surface area contributed by atoms with E-state index in [1.54, 1.807) is 61.7 Å². The van der Waals surface area contributed by atoms with Crippen molar-refractivity contribution in [3.63, 3.8) is 0 Å². The minimum Gasteiger partial charge on any atom is -0.393 e. The van der Waals surface area contributed by atoms with Crippen molar-refractivity contribution in [2.45, 2.75) is 177 Å². The fraction of sp³-hybridized carbons (Fsp3) is 0.351. The molecular formula is C77H94Ir4N12O8-4. The molecule has 0 amide bonds. The maximum absolute atomic E-state index is 8.56. The first kappa shape index (κ1) is 94.4. The minimum absolute atomic E-state index is 0. The van der Waals surface area contributed by atoms with Crippen LogP contribution in [0.1, 0.15) is 125 Å². The first-order valence-corrected chi connectivity index (χ1v) is 32.0. The zero-order valence-corrected chi connectivity index (χ0v) is 69.0. The van der Waals surface area contributed by atoms with E-state index in [9.17, 15) is 0 Å². The van der Waals surface area contributed by atoms with Gasteiger partial charge in [0.2, 0.25) is 0 Å². The summed E-state index contributed by atoms with van der Waals surface area (Å²) in [5.74, 6) is 5.64. The van der Waals surface area contributed by atoms with Gasteiger partial charge in [-0.2, -0.15) is 0 Å². The third-order valence-corrected chi connectivity index (χ3v) is 13.0. The molecular weight excluding hydrogens is 1990 g/mol. The third-order valence-electron chi connectivity index (χ3n) is 13.0. The van der Waals surface area contributed by atoms with E-state index in [0.717, 1.165) is 50.7 Å². The number of fused-ring (bicyclic) bond motifs is 2. The molecule has 0 saturated carbocycles. The molecule has 4 aromatic heterocycles. The number of hydrogen-bond donors (Lipinski definition) is 8. The van der Waals surface area contributed by atoms with Gasteiger partial charge in [-0.1, -0.05) is 127 Å². The Bertz CT molecular complexity index is 3900. The van der Waals surface area contributed by atoms with Crippen molar-refractivity contribution < 1.29 is 121 Å². The zero-order valence-electron chi connectivity index (χ0n) is 59.4. The summed E-state index contributed by atoms with van der Waals surface area (Å²) in [6.07, 6.45) is 5.04. The maximum atomic E-state index is 8.56. The summed E-state index contributed by atoms with van der Waals surface area (Å²) in [5, 5.41) is 73.1. The fourth-order valence-electron chi connectivity index (χ4n) is 8.79. The Morgan fingerprint density at radius 1 is 0.337 bits per heavy atom. The summed E-state index contributed by atoms with van der Waals surface area (Å²) >= 11 is 0. The third kappa shape index (κ3) is 38.5. The van der Waals surface area contributed by atoms with Gasteiger partial charge in [0.25, 0.3) is 0 Å². The Morgan fingerprint density at radius 2 is 0.733 bits per heavy atom. The number of aromatic nitrogens is 12. The molecule has 24 heteroatoms. The Kier molecular flexibility index (Phi) is 47.4. The second-order valence-electron chi connectivity index (χ2n) is 24.2. The molecule has 20 nitrogen and oxygen atoms in total. The number of aliphatic hydroxyl groups excluding tert-OH is 8. The predicted octanol–water partition coefficient (Wildman–Crippen LogP) is 12.1. The molecule has 0 spiro atoms. The van der Waals surface area contributed by atoms with Crippen LogP contribution in [-0.2, 0) is 85.8 Å². The summed E-state index contributed by atoms with van der Waals surface area (Å²) < 4.78 is 0. The Labute approximate surface area is 649 Å². The molecule has 101 heavy (non-hydrogen) atoms. The van der Waals surface area contributed by atoms with Crippen molar-refractivity contribution >= 4 is 21.5 Å². The van der Waals surface area contributed by atoms with Gasteiger partial charge in [0.05, 0.1) is 72.1 Å². The van der Waals surface area contributed by atoms with E-state index in [0.29, 0.717) is 54.8 Å². The molecule has 0 fully saturated rings. The molecule has 0 aliphatic carbocycles. The van der Waals surface area contributed by atoms with E-state index >= 15 is 0 Å². The average molecular weight is 2080 g/mol. The van der Waals surface area contributed by atoms with E-state index in [1.165, 1.54) is 40.7 Å². The van der Waals surface area contributed by atoms with Crippen LogP contribution in [0.25, 0.3) is 78.2 Å². The normalized spacial score (nSPS) is 12.6. The largest absolute Gasteiger partial charge is 0.393 e. The molecule has 11 rings (SSSR count). The van der Waals surface area contributed by atoms with Crippen LogP contribution >= 0.6 is 0 Å². The maximum Gasteiger partial charge on any atom is 0.127 e.